The van der Waals surface area contributed by atoms with Crippen LogP contribution in [0.5, 0.6) is 0 Å². The molecule has 0 aliphatic carbocycles. The van der Waals surface area contributed by atoms with Gasteiger partial charge in [-0.25, -0.2) is 9.59 Å². The van der Waals surface area contributed by atoms with Crippen LogP contribution in [0, 0.1) is 0 Å². The van der Waals surface area contributed by atoms with Gasteiger partial charge in [0.05, 0.1) is 29.4 Å². The molecule has 0 saturated heterocycles. The lowest BCUT2D eigenvalue weighted by Crippen LogP contribution is -2.30. The van der Waals surface area contributed by atoms with Crippen LogP contribution in [-0.2, 0) is 27.2 Å². The van der Waals surface area contributed by atoms with E-state index in [9.17, 15) is 14.4 Å². The van der Waals surface area contributed by atoms with Crippen molar-refractivity contribution in [2.24, 2.45) is 0 Å². The molecule has 0 saturated carbocycles. The quantitative estimate of drug-likeness (QED) is 0.618. The van der Waals surface area contributed by atoms with Crippen molar-refractivity contribution in [1.29, 1.82) is 0 Å². The molecule has 4 rings (SSSR count). The third kappa shape index (κ3) is 4.31. The molecule has 8 nitrogen and oxygen atoms in total. The number of fused-ring (bicyclic) bond motifs is 2. The summed E-state index contributed by atoms with van der Waals surface area (Å²) in [5.41, 5.74) is 3.38. The number of nitrogens with zero attached hydrogens (tertiary/aromatic N) is 2. The predicted octanol–water partition coefficient (Wildman–Crippen LogP) is 2.80. The van der Waals surface area contributed by atoms with Crippen LogP contribution in [0.15, 0.2) is 48.5 Å². The first kappa shape index (κ1) is 21.5. The molecule has 8 heteroatoms. The number of carbonyl (C=O) groups is 3. The van der Waals surface area contributed by atoms with Crippen molar-refractivity contribution < 1.29 is 23.9 Å². The molecule has 0 bridgehead atoms. The Balaban J connectivity index is 1.55. The fraction of sp³-hybridized carbons (Fsp3) is 0.250. The van der Waals surface area contributed by atoms with Gasteiger partial charge in [0.2, 0.25) is 0 Å². The summed E-state index contributed by atoms with van der Waals surface area (Å²) in [6.45, 7) is 0.945. The van der Waals surface area contributed by atoms with Gasteiger partial charge >= 0.3 is 11.9 Å². The summed E-state index contributed by atoms with van der Waals surface area (Å²) in [7, 11) is 3.25. The normalized spacial score (nSPS) is 13.3. The van der Waals surface area contributed by atoms with Crippen molar-refractivity contribution in [2.45, 2.75) is 13.0 Å². The van der Waals surface area contributed by atoms with Gasteiger partial charge in [0.15, 0.2) is 6.61 Å². The number of amides is 1. The topological polar surface area (TPSA) is 97.8 Å². The molecule has 1 aromatic heterocycles. The summed E-state index contributed by atoms with van der Waals surface area (Å²) < 4.78 is 10.1. The molecule has 0 radical (unpaired) electrons. The van der Waals surface area contributed by atoms with Gasteiger partial charge < -0.3 is 19.7 Å². The second-order valence-corrected chi connectivity index (χ2v) is 7.58. The number of methoxy groups -OCH3 is 1. The number of nitrogens with one attached hydrogen (secondary N) is 1. The molecule has 0 unspecified atom stereocenters. The van der Waals surface area contributed by atoms with Crippen molar-refractivity contribution in [3.63, 3.8) is 0 Å². The summed E-state index contributed by atoms with van der Waals surface area (Å²) >= 11 is 0. The molecular weight excluding hydrogens is 410 g/mol. The number of ether oxygens (including phenoxy) is 2. The van der Waals surface area contributed by atoms with Crippen molar-refractivity contribution in [1.82, 2.24) is 9.88 Å². The van der Waals surface area contributed by atoms with Crippen LogP contribution in [0.3, 0.4) is 0 Å². The van der Waals surface area contributed by atoms with Crippen molar-refractivity contribution in [3.05, 3.63) is 70.9 Å². The van der Waals surface area contributed by atoms with E-state index in [0.717, 1.165) is 29.7 Å². The maximum Gasteiger partial charge on any atom is 0.339 e. The Morgan fingerprint density at radius 2 is 1.81 bits per heavy atom. The van der Waals surface area contributed by atoms with E-state index in [1.807, 2.05) is 31.3 Å². The highest BCUT2D eigenvalue weighted by Crippen LogP contribution is 2.28. The molecule has 0 atom stereocenters. The van der Waals surface area contributed by atoms with Crippen LogP contribution in [0.1, 0.15) is 32.0 Å². The van der Waals surface area contributed by atoms with Gasteiger partial charge in [0.25, 0.3) is 5.91 Å². The minimum atomic E-state index is -0.577. The zero-order valence-corrected chi connectivity index (χ0v) is 17.9. The molecular formula is C24H23N3O5. The number of hydrogen-bond donors (Lipinski definition) is 1. The van der Waals surface area contributed by atoms with Crippen molar-refractivity contribution in [2.75, 3.05) is 32.6 Å². The second kappa shape index (κ2) is 9.15. The van der Waals surface area contributed by atoms with Gasteiger partial charge in [-0.15, -0.1) is 0 Å². The van der Waals surface area contributed by atoms with Gasteiger partial charge in [0.1, 0.15) is 0 Å². The third-order valence-electron chi connectivity index (χ3n) is 5.38. The number of benzene rings is 2. The smallest absolute Gasteiger partial charge is 0.339 e. The number of hydrogen-bond acceptors (Lipinski definition) is 7. The molecule has 1 aliphatic rings. The number of esters is 2. The Bertz CT molecular complexity index is 1210. The standard InChI is InChI=1S/C24H23N3O5/c1-27-12-11-20-17(13-27)22(15-7-3-5-9-18(15)25-20)24(30)32-14-21(28)26-19-10-6-4-8-16(19)23(29)31-2/h3-10H,11-14H2,1-2H3,(H,26,28). The number of anilines is 1. The highest BCUT2D eigenvalue weighted by molar-refractivity contribution is 6.06. The first-order valence-corrected chi connectivity index (χ1v) is 10.2. The first-order valence-electron chi connectivity index (χ1n) is 10.2. The maximum atomic E-state index is 13.1. The molecule has 2 heterocycles. The minimum Gasteiger partial charge on any atom is -0.465 e. The van der Waals surface area contributed by atoms with Gasteiger partial charge in [-0.2, -0.15) is 0 Å². The molecule has 1 aliphatic heterocycles. The van der Waals surface area contributed by atoms with Gasteiger partial charge in [-0.1, -0.05) is 30.3 Å². The zero-order valence-electron chi connectivity index (χ0n) is 17.9. The van der Waals surface area contributed by atoms with Crippen molar-refractivity contribution in [3.8, 4) is 0 Å². The van der Waals surface area contributed by atoms with E-state index >= 15 is 0 Å². The van der Waals surface area contributed by atoms with E-state index in [4.69, 9.17) is 14.5 Å². The molecule has 164 valence electrons. The average Bonchev–Trinajstić information content (AvgIpc) is 2.81. The minimum absolute atomic E-state index is 0.215. The van der Waals surface area contributed by atoms with Crippen molar-refractivity contribution >= 4 is 34.4 Å². The first-order chi connectivity index (χ1) is 15.5. The molecule has 0 fully saturated rings. The van der Waals surface area contributed by atoms with Crippen LogP contribution >= 0.6 is 0 Å². The van der Waals surface area contributed by atoms with Crippen LogP contribution in [0.25, 0.3) is 10.9 Å². The van der Waals surface area contributed by atoms with Crippen LogP contribution in [0.2, 0.25) is 0 Å². The van der Waals surface area contributed by atoms with E-state index in [1.54, 1.807) is 24.3 Å². The van der Waals surface area contributed by atoms with Gasteiger partial charge in [0, 0.05) is 36.2 Å². The van der Waals surface area contributed by atoms with E-state index in [1.165, 1.54) is 7.11 Å². The van der Waals surface area contributed by atoms with Gasteiger partial charge in [-0.05, 0) is 25.2 Å². The number of aromatic nitrogens is 1. The Hall–Kier alpha value is -3.78. The highest BCUT2D eigenvalue weighted by atomic mass is 16.5. The average molecular weight is 433 g/mol. The molecule has 2 aromatic carbocycles. The monoisotopic (exact) mass is 433 g/mol. The number of likely N-dealkylation sites (N-methyl/N-ethyl adjacent to an activating group) is 1. The van der Waals surface area contributed by atoms with Crippen LogP contribution in [0.4, 0.5) is 5.69 Å². The number of carbonyl (C=O) groups excluding carboxylic acids is 3. The maximum absolute atomic E-state index is 13.1. The summed E-state index contributed by atoms with van der Waals surface area (Å²) in [4.78, 5) is 44.3. The molecule has 1 N–H and O–H groups in total. The van der Waals surface area contributed by atoms with E-state index in [2.05, 4.69) is 10.2 Å². The van der Waals surface area contributed by atoms with E-state index in [-0.39, 0.29) is 11.3 Å². The zero-order chi connectivity index (χ0) is 22.7. The molecule has 1 amide bonds. The predicted molar refractivity (Wildman–Crippen MR) is 118 cm³/mol. The Kier molecular flexibility index (Phi) is 6.13. The number of pyridine rings is 1. The van der Waals surface area contributed by atoms with Gasteiger partial charge in [-0.3, -0.25) is 9.78 Å². The summed E-state index contributed by atoms with van der Waals surface area (Å²) in [5.74, 6) is -1.71. The summed E-state index contributed by atoms with van der Waals surface area (Å²) in [6.07, 6.45) is 0.738. The highest BCUT2D eigenvalue weighted by Gasteiger charge is 2.26. The van der Waals surface area contributed by atoms with Crippen LogP contribution in [-0.4, -0.2) is 55.0 Å². The number of para-hydroxylation sites is 2. The SMILES string of the molecule is COC(=O)c1ccccc1NC(=O)COC(=O)c1c2c(nc3ccccc13)CCN(C)C2. The molecule has 3 aromatic rings. The molecule has 32 heavy (non-hydrogen) atoms. The second-order valence-electron chi connectivity index (χ2n) is 7.58. The lowest BCUT2D eigenvalue weighted by Gasteiger charge is -2.26. The lowest BCUT2D eigenvalue weighted by atomic mass is 9.96. The fourth-order valence-electron chi connectivity index (χ4n) is 3.83. The Morgan fingerprint density at radius 3 is 2.62 bits per heavy atom. The lowest BCUT2D eigenvalue weighted by molar-refractivity contribution is -0.119. The summed E-state index contributed by atoms with van der Waals surface area (Å²) in [6, 6.07) is 13.9. The summed E-state index contributed by atoms with van der Waals surface area (Å²) in [5, 5.41) is 3.30. The Morgan fingerprint density at radius 1 is 1.06 bits per heavy atom. The fourth-order valence-corrected chi connectivity index (χ4v) is 3.83. The van der Waals surface area contributed by atoms with E-state index in [0.29, 0.717) is 17.5 Å². The van der Waals surface area contributed by atoms with E-state index < -0.39 is 24.5 Å². The molecule has 0 spiro atoms. The van der Waals surface area contributed by atoms with Crippen LogP contribution < -0.4 is 5.32 Å². The Labute approximate surface area is 185 Å². The third-order valence-corrected chi connectivity index (χ3v) is 5.38. The number of rotatable bonds is 5. The largest absolute Gasteiger partial charge is 0.465 e.